The predicted molar refractivity (Wildman–Crippen MR) is 115 cm³/mol. The fourth-order valence-electron chi connectivity index (χ4n) is 3.81. The van der Waals surface area contributed by atoms with Crippen molar-refractivity contribution in [3.05, 3.63) is 17.7 Å². The van der Waals surface area contributed by atoms with E-state index in [2.05, 4.69) is 0 Å². The van der Waals surface area contributed by atoms with Crippen LogP contribution in [0.5, 0.6) is 17.2 Å². The maximum Gasteiger partial charge on any atom is 0.338 e. The molecule has 3 rings (SSSR count). The fraction of sp³-hybridized carbons (Fsp3) is 0.636. The van der Waals surface area contributed by atoms with Gasteiger partial charge in [-0.2, -0.15) is 0 Å². The highest BCUT2D eigenvalue weighted by atomic mass is 16.7. The number of carbonyl (C=O) groups is 2. The number of methoxy groups -OCH3 is 3. The van der Waals surface area contributed by atoms with Crippen molar-refractivity contribution in [1.82, 2.24) is 0 Å². The SMILES string of the molecule is COc1cc(C(=O)O[C@H]2[C@H](O[C@@H]3[C@@H](OC(C)=O)[C@H](O)OC[C@@H]3O)OC[C@@H](O)[C@@H]2O)cc(OC)c1OC. The maximum atomic E-state index is 13.0. The third-order valence-corrected chi connectivity index (χ3v) is 5.59. The Morgan fingerprint density at radius 1 is 0.833 bits per heavy atom. The van der Waals surface area contributed by atoms with Crippen LogP contribution < -0.4 is 14.2 Å². The second-order valence-corrected chi connectivity index (χ2v) is 8.01. The van der Waals surface area contributed by atoms with Gasteiger partial charge >= 0.3 is 11.9 Å². The third kappa shape index (κ3) is 5.98. The summed E-state index contributed by atoms with van der Waals surface area (Å²) in [5, 5.41) is 41.1. The largest absolute Gasteiger partial charge is 0.493 e. The van der Waals surface area contributed by atoms with Gasteiger partial charge in [-0.3, -0.25) is 4.79 Å². The van der Waals surface area contributed by atoms with Gasteiger partial charge in [-0.25, -0.2) is 4.79 Å². The lowest BCUT2D eigenvalue weighted by Gasteiger charge is -2.43. The molecule has 0 unspecified atom stereocenters. The number of carbonyl (C=O) groups excluding carboxylic acids is 2. The van der Waals surface area contributed by atoms with Crippen LogP contribution in [0.3, 0.4) is 0 Å². The number of esters is 2. The monoisotopic (exact) mass is 518 g/mol. The molecule has 8 atom stereocenters. The van der Waals surface area contributed by atoms with Gasteiger partial charge in [-0.15, -0.1) is 0 Å². The molecular weight excluding hydrogens is 488 g/mol. The maximum absolute atomic E-state index is 13.0. The molecule has 14 nitrogen and oxygen atoms in total. The minimum Gasteiger partial charge on any atom is -0.493 e. The number of aliphatic hydroxyl groups is 4. The Labute approximate surface area is 206 Å². The van der Waals surface area contributed by atoms with Crippen molar-refractivity contribution in [2.75, 3.05) is 34.5 Å². The molecular formula is C22H30O14. The van der Waals surface area contributed by atoms with E-state index in [1.54, 1.807) is 0 Å². The second kappa shape index (κ2) is 12.0. The van der Waals surface area contributed by atoms with Crippen LogP contribution in [-0.2, 0) is 28.5 Å². The van der Waals surface area contributed by atoms with Gasteiger partial charge in [0, 0.05) is 6.92 Å². The minimum atomic E-state index is -1.65. The zero-order valence-corrected chi connectivity index (χ0v) is 20.1. The van der Waals surface area contributed by atoms with Crippen molar-refractivity contribution < 1.29 is 67.9 Å². The molecule has 1 aromatic carbocycles. The summed E-state index contributed by atoms with van der Waals surface area (Å²) in [5.41, 5.74) is -0.0465. The quantitative estimate of drug-likeness (QED) is 0.286. The number of aliphatic hydroxyl groups excluding tert-OH is 4. The zero-order valence-electron chi connectivity index (χ0n) is 20.1. The minimum absolute atomic E-state index is 0.0465. The Morgan fingerprint density at radius 3 is 2.00 bits per heavy atom. The molecule has 0 aromatic heterocycles. The van der Waals surface area contributed by atoms with Gasteiger partial charge in [-0.05, 0) is 12.1 Å². The van der Waals surface area contributed by atoms with Crippen molar-refractivity contribution in [2.24, 2.45) is 0 Å². The molecule has 202 valence electrons. The van der Waals surface area contributed by atoms with Crippen LogP contribution in [0.4, 0.5) is 0 Å². The first-order valence-corrected chi connectivity index (χ1v) is 10.9. The van der Waals surface area contributed by atoms with E-state index in [1.807, 2.05) is 0 Å². The molecule has 2 aliphatic rings. The van der Waals surface area contributed by atoms with Crippen molar-refractivity contribution in [3.8, 4) is 17.2 Å². The molecule has 4 N–H and O–H groups in total. The van der Waals surface area contributed by atoms with Gasteiger partial charge in [0.2, 0.25) is 5.75 Å². The highest BCUT2D eigenvalue weighted by molar-refractivity contribution is 5.91. The summed E-state index contributed by atoms with van der Waals surface area (Å²) in [5.74, 6) is -1.18. The van der Waals surface area contributed by atoms with Crippen molar-refractivity contribution in [2.45, 2.75) is 56.1 Å². The van der Waals surface area contributed by atoms with Crippen LogP contribution in [0.15, 0.2) is 12.1 Å². The Hall–Kier alpha value is -2.72. The van der Waals surface area contributed by atoms with Crippen molar-refractivity contribution in [3.63, 3.8) is 0 Å². The molecule has 0 saturated carbocycles. The fourth-order valence-corrected chi connectivity index (χ4v) is 3.81. The van der Waals surface area contributed by atoms with Gasteiger partial charge in [0.05, 0.1) is 40.1 Å². The van der Waals surface area contributed by atoms with Crippen LogP contribution in [0.25, 0.3) is 0 Å². The van der Waals surface area contributed by atoms with Gasteiger partial charge in [0.25, 0.3) is 0 Å². The molecule has 2 heterocycles. The molecule has 0 bridgehead atoms. The standard InChI is InChI=1S/C22H30O14/c1-9(23)34-19-16(12(25)8-32-21(19)28)36-22-18(15(26)11(24)7-33-22)35-20(27)10-5-13(29-2)17(31-4)14(6-10)30-3/h5-6,11-12,15-16,18-19,21-22,24-26,28H,7-8H2,1-4H3/t11-,12+,15+,16+,18-,19-,21-,22+/m1/s1. The first-order valence-electron chi connectivity index (χ1n) is 10.9. The molecule has 2 aliphatic heterocycles. The highest BCUT2D eigenvalue weighted by Gasteiger charge is 2.49. The molecule has 1 aromatic rings. The van der Waals surface area contributed by atoms with Crippen molar-refractivity contribution >= 4 is 11.9 Å². The Bertz CT molecular complexity index is 897. The van der Waals surface area contributed by atoms with E-state index in [0.29, 0.717) is 0 Å². The smallest absolute Gasteiger partial charge is 0.338 e. The van der Waals surface area contributed by atoms with Gasteiger partial charge in [0.15, 0.2) is 36.3 Å². The summed E-state index contributed by atoms with van der Waals surface area (Å²) in [6.45, 7) is 0.325. The summed E-state index contributed by atoms with van der Waals surface area (Å²) in [6.07, 6.45) is -12.0. The Morgan fingerprint density at radius 2 is 1.44 bits per heavy atom. The normalized spacial score (nSPS) is 32.3. The molecule has 0 radical (unpaired) electrons. The lowest BCUT2D eigenvalue weighted by molar-refractivity contribution is -0.329. The Balaban J connectivity index is 1.86. The summed E-state index contributed by atoms with van der Waals surface area (Å²) >= 11 is 0. The van der Waals surface area contributed by atoms with Crippen LogP contribution in [0, 0.1) is 0 Å². The molecule has 0 aliphatic carbocycles. The molecule has 36 heavy (non-hydrogen) atoms. The first-order chi connectivity index (χ1) is 17.1. The van der Waals surface area contributed by atoms with Crippen LogP contribution >= 0.6 is 0 Å². The average molecular weight is 518 g/mol. The predicted octanol–water partition coefficient (Wildman–Crippen LogP) is -1.66. The number of hydrogen-bond donors (Lipinski definition) is 4. The summed E-state index contributed by atoms with van der Waals surface area (Å²) < 4.78 is 42.2. The van der Waals surface area contributed by atoms with Gasteiger partial charge in [0.1, 0.15) is 24.4 Å². The topological polar surface area (TPSA) is 189 Å². The van der Waals surface area contributed by atoms with E-state index in [4.69, 9.17) is 37.9 Å². The summed E-state index contributed by atoms with van der Waals surface area (Å²) in [6, 6.07) is 2.64. The van der Waals surface area contributed by atoms with Gasteiger partial charge in [-0.1, -0.05) is 0 Å². The lowest BCUT2D eigenvalue weighted by atomic mass is 10.0. The van der Waals surface area contributed by atoms with E-state index in [9.17, 15) is 30.0 Å². The molecule has 2 fully saturated rings. The third-order valence-electron chi connectivity index (χ3n) is 5.59. The summed E-state index contributed by atoms with van der Waals surface area (Å²) in [4.78, 5) is 24.5. The molecule has 0 spiro atoms. The van der Waals surface area contributed by atoms with Crippen LogP contribution in [-0.4, -0.2) is 116 Å². The van der Waals surface area contributed by atoms with Gasteiger partial charge < -0.3 is 58.3 Å². The first kappa shape index (κ1) is 27.9. The van der Waals surface area contributed by atoms with E-state index in [0.717, 1.165) is 6.92 Å². The van der Waals surface area contributed by atoms with E-state index < -0.39 is 67.7 Å². The molecule has 0 amide bonds. The number of ether oxygens (including phenoxy) is 8. The highest BCUT2D eigenvalue weighted by Crippen LogP contribution is 2.38. The average Bonchev–Trinajstić information content (AvgIpc) is 2.86. The van der Waals surface area contributed by atoms with E-state index >= 15 is 0 Å². The zero-order chi connectivity index (χ0) is 26.6. The van der Waals surface area contributed by atoms with Crippen LogP contribution in [0.1, 0.15) is 17.3 Å². The number of rotatable bonds is 8. The Kier molecular flexibility index (Phi) is 9.30. The van der Waals surface area contributed by atoms with Crippen molar-refractivity contribution in [1.29, 1.82) is 0 Å². The number of benzene rings is 1. The molecule has 14 heteroatoms. The summed E-state index contributed by atoms with van der Waals surface area (Å²) in [7, 11) is 4.11. The van der Waals surface area contributed by atoms with E-state index in [1.165, 1.54) is 33.5 Å². The van der Waals surface area contributed by atoms with E-state index in [-0.39, 0.29) is 29.4 Å². The van der Waals surface area contributed by atoms with Crippen LogP contribution in [0.2, 0.25) is 0 Å². The lowest BCUT2D eigenvalue weighted by Crippen LogP contribution is -2.61. The number of hydrogen-bond acceptors (Lipinski definition) is 14. The molecule has 2 saturated heterocycles. The second-order valence-electron chi connectivity index (χ2n) is 8.01.